The molecule has 2 saturated heterocycles. The number of oxime groups is 2. The zero-order valence-corrected chi connectivity index (χ0v) is 27.7. The molecule has 2 aromatic rings. The summed E-state index contributed by atoms with van der Waals surface area (Å²) < 4.78 is 21.7. The van der Waals surface area contributed by atoms with Gasteiger partial charge in [0.15, 0.2) is 11.5 Å². The third kappa shape index (κ3) is 5.58. The molecule has 4 atom stereocenters. The van der Waals surface area contributed by atoms with Gasteiger partial charge in [-0.25, -0.2) is 9.59 Å². The SMILES string of the molecule is CO/N=C(\C(=O)N[C@@H]1C(=O)N2C3=C(COC(=O)C4=C(COC3=O)CS[C@@H]3[C@H](NC(=O)/C(=N\OC)c5ccco5)C(=O)N43)CS[C@H]12)c1ccco1. The number of hydrogen-bond acceptors (Lipinski definition) is 16. The number of hydrogen-bond donors (Lipinski definition) is 2. The van der Waals surface area contributed by atoms with Crippen LogP contribution in [0.1, 0.15) is 11.5 Å². The zero-order valence-electron chi connectivity index (χ0n) is 26.1. The molecule has 0 aromatic carbocycles. The molecule has 2 aromatic heterocycles. The summed E-state index contributed by atoms with van der Waals surface area (Å²) in [6.07, 6.45) is 2.71. The Balaban J connectivity index is 1.04. The maximum atomic E-state index is 13.5. The van der Waals surface area contributed by atoms with Crippen LogP contribution >= 0.6 is 23.5 Å². The average molecular weight is 727 g/mol. The second-order valence-electron chi connectivity index (χ2n) is 11.0. The van der Waals surface area contributed by atoms with Gasteiger partial charge in [-0.05, 0) is 24.3 Å². The molecule has 20 heteroatoms. The molecule has 0 aliphatic carbocycles. The third-order valence-electron chi connectivity index (χ3n) is 8.11. The maximum absolute atomic E-state index is 13.5. The Kier molecular flexibility index (Phi) is 8.87. The molecule has 0 spiro atoms. The van der Waals surface area contributed by atoms with Crippen molar-refractivity contribution in [2.24, 2.45) is 10.3 Å². The molecule has 0 radical (unpaired) electrons. The highest BCUT2D eigenvalue weighted by atomic mass is 32.2. The van der Waals surface area contributed by atoms with Crippen LogP contribution in [-0.2, 0) is 47.9 Å². The number of nitrogens with one attached hydrogen (secondary N) is 2. The molecular formula is C30H26N6O12S2. The van der Waals surface area contributed by atoms with E-state index in [0.717, 1.165) is 0 Å². The topological polar surface area (TPSA) is 221 Å². The summed E-state index contributed by atoms with van der Waals surface area (Å²) in [7, 11) is 2.52. The van der Waals surface area contributed by atoms with Crippen LogP contribution in [0.15, 0.2) is 78.5 Å². The number of amides is 4. The van der Waals surface area contributed by atoms with E-state index in [-0.39, 0.29) is 59.1 Å². The number of thioether (sulfide) groups is 2. The summed E-state index contributed by atoms with van der Waals surface area (Å²) in [6.45, 7) is -0.743. The van der Waals surface area contributed by atoms with Gasteiger partial charge in [0.2, 0.25) is 11.4 Å². The molecule has 5 aliphatic heterocycles. The molecule has 4 amide bonds. The fourth-order valence-corrected chi connectivity index (χ4v) is 8.49. The summed E-state index contributed by atoms with van der Waals surface area (Å²) in [6, 6.07) is 4.13. The Morgan fingerprint density at radius 3 is 1.52 bits per heavy atom. The van der Waals surface area contributed by atoms with Crippen molar-refractivity contribution in [2.75, 3.05) is 38.9 Å². The smallest absolute Gasteiger partial charge is 0.355 e. The Hall–Kier alpha value is -5.50. The molecule has 2 fully saturated rings. The fraction of sp³-hybridized carbons (Fsp3) is 0.333. The molecular weight excluding hydrogens is 700 g/mol. The highest BCUT2D eigenvalue weighted by Gasteiger charge is 2.57. The van der Waals surface area contributed by atoms with Gasteiger partial charge in [0.1, 0.15) is 61.7 Å². The van der Waals surface area contributed by atoms with Crippen LogP contribution in [0.3, 0.4) is 0 Å². The highest BCUT2D eigenvalue weighted by molar-refractivity contribution is 8.00. The Morgan fingerprint density at radius 1 is 0.740 bits per heavy atom. The number of furan rings is 2. The standard InChI is InChI=1S/C30H26N6O12S2/c1-43-33-17(15-5-3-7-45-15)23(37)31-19-25(39)35-21-13(11-49-27(19)35)9-48-30(42)22-14(10-47-29(21)41)12-50-28-20(26(40)36(22)28)32-24(38)18(34-44-2)16-6-4-8-46-16/h3-8,19-20,27-28H,9-12H2,1-2H3,(H,31,37)(H,32,38)/b33-17-,34-18-/t19-,20-,27-,28-/m1/s1. The van der Waals surface area contributed by atoms with Crippen molar-refractivity contribution < 1.29 is 56.8 Å². The number of esters is 2. The molecule has 50 heavy (non-hydrogen) atoms. The van der Waals surface area contributed by atoms with Crippen LogP contribution in [0.25, 0.3) is 0 Å². The molecule has 0 bridgehead atoms. The van der Waals surface area contributed by atoms with E-state index in [9.17, 15) is 28.8 Å². The minimum Gasteiger partial charge on any atom is -0.462 e. The molecule has 260 valence electrons. The van der Waals surface area contributed by atoms with Gasteiger partial charge in [0.05, 0.1) is 12.5 Å². The molecule has 18 nitrogen and oxygen atoms in total. The lowest BCUT2D eigenvalue weighted by atomic mass is 10.0. The minimum atomic E-state index is -1.01. The number of fused-ring (bicyclic) bond motifs is 4. The van der Waals surface area contributed by atoms with Gasteiger partial charge in [-0.2, -0.15) is 0 Å². The average Bonchev–Trinajstić information content (AvgIpc) is 3.86. The van der Waals surface area contributed by atoms with Gasteiger partial charge in [0.25, 0.3) is 23.6 Å². The first-order valence-electron chi connectivity index (χ1n) is 14.8. The fourth-order valence-electron chi connectivity index (χ4n) is 5.83. The molecule has 0 saturated carbocycles. The first-order chi connectivity index (χ1) is 24.2. The monoisotopic (exact) mass is 726 g/mol. The summed E-state index contributed by atoms with van der Waals surface area (Å²) in [5, 5.41) is 11.3. The van der Waals surface area contributed by atoms with Gasteiger partial charge < -0.3 is 38.6 Å². The number of carbonyl (C=O) groups is 6. The van der Waals surface area contributed by atoms with E-state index in [1.54, 1.807) is 12.1 Å². The van der Waals surface area contributed by atoms with E-state index in [4.69, 9.17) is 28.0 Å². The molecule has 5 aliphatic rings. The zero-order chi connectivity index (χ0) is 35.1. The van der Waals surface area contributed by atoms with Crippen LogP contribution in [-0.4, -0.2) is 119 Å². The molecule has 7 heterocycles. The molecule has 0 unspecified atom stereocenters. The number of ether oxygens (including phenoxy) is 2. The Labute approximate surface area is 290 Å². The first kappa shape index (κ1) is 33.0. The predicted molar refractivity (Wildman–Crippen MR) is 171 cm³/mol. The summed E-state index contributed by atoms with van der Waals surface area (Å²) in [5.74, 6) is -3.69. The number of rotatable bonds is 8. The van der Waals surface area contributed by atoms with Crippen LogP contribution < -0.4 is 10.6 Å². The lowest BCUT2D eigenvalue weighted by molar-refractivity contribution is -0.154. The van der Waals surface area contributed by atoms with E-state index in [0.29, 0.717) is 11.1 Å². The summed E-state index contributed by atoms with van der Waals surface area (Å²) in [5.41, 5.74) is 0.111. The largest absolute Gasteiger partial charge is 0.462 e. The second-order valence-corrected chi connectivity index (χ2v) is 13.2. The van der Waals surface area contributed by atoms with Gasteiger partial charge in [-0.1, -0.05) is 10.3 Å². The van der Waals surface area contributed by atoms with Gasteiger partial charge in [-0.15, -0.1) is 23.5 Å². The quantitative estimate of drug-likeness (QED) is 0.154. The van der Waals surface area contributed by atoms with Crippen molar-refractivity contribution in [1.82, 2.24) is 20.4 Å². The Morgan fingerprint density at radius 2 is 1.16 bits per heavy atom. The first-order valence-corrected chi connectivity index (χ1v) is 16.9. The highest BCUT2D eigenvalue weighted by Crippen LogP contribution is 2.43. The van der Waals surface area contributed by atoms with Crippen LogP contribution in [0.4, 0.5) is 0 Å². The van der Waals surface area contributed by atoms with Crippen LogP contribution in [0.5, 0.6) is 0 Å². The van der Waals surface area contributed by atoms with Crippen molar-refractivity contribution in [2.45, 2.75) is 22.8 Å². The third-order valence-corrected chi connectivity index (χ3v) is 10.8. The van der Waals surface area contributed by atoms with E-state index in [2.05, 4.69) is 20.9 Å². The van der Waals surface area contributed by atoms with E-state index in [1.807, 2.05) is 0 Å². The van der Waals surface area contributed by atoms with Crippen molar-refractivity contribution >= 4 is 70.5 Å². The van der Waals surface area contributed by atoms with Gasteiger partial charge in [0, 0.05) is 22.7 Å². The van der Waals surface area contributed by atoms with E-state index >= 15 is 0 Å². The van der Waals surface area contributed by atoms with Crippen molar-refractivity contribution in [3.8, 4) is 0 Å². The Bertz CT molecular complexity index is 1770. The minimum absolute atomic E-state index is 0.0767. The number of nitrogens with zero attached hydrogens (tertiary/aromatic N) is 4. The van der Waals surface area contributed by atoms with Gasteiger partial charge in [-0.3, -0.25) is 29.0 Å². The maximum Gasteiger partial charge on any atom is 0.355 e. The molecule has 7 rings (SSSR count). The number of β-lactam (4-membered cyclic amide) rings is 2. The van der Waals surface area contributed by atoms with Crippen molar-refractivity contribution in [1.29, 1.82) is 0 Å². The number of carbonyl (C=O) groups excluding carboxylic acids is 6. The lowest BCUT2D eigenvalue weighted by Crippen LogP contribution is -2.71. The van der Waals surface area contributed by atoms with Crippen LogP contribution in [0, 0.1) is 0 Å². The van der Waals surface area contributed by atoms with Crippen LogP contribution in [0.2, 0.25) is 0 Å². The summed E-state index contributed by atoms with van der Waals surface area (Å²) in [4.78, 5) is 91.7. The van der Waals surface area contributed by atoms with Crippen molar-refractivity contribution in [3.05, 3.63) is 70.9 Å². The normalized spacial score (nSPS) is 25.2. The molecule has 2 N–H and O–H groups in total. The lowest BCUT2D eigenvalue weighted by Gasteiger charge is -2.50. The number of cyclic esters (lactones) is 2. The van der Waals surface area contributed by atoms with Gasteiger partial charge >= 0.3 is 11.9 Å². The summed E-state index contributed by atoms with van der Waals surface area (Å²) >= 11 is 2.49. The second kappa shape index (κ2) is 13.4. The predicted octanol–water partition coefficient (Wildman–Crippen LogP) is -0.318. The van der Waals surface area contributed by atoms with Crippen molar-refractivity contribution in [3.63, 3.8) is 0 Å². The van der Waals surface area contributed by atoms with E-state index in [1.165, 1.54) is 72.2 Å². The van der Waals surface area contributed by atoms with E-state index < -0.39 is 58.4 Å².